The predicted octanol–water partition coefficient (Wildman–Crippen LogP) is 1.74. The molecule has 1 fully saturated rings. The number of thioether (sulfide) groups is 2. The number of likely N-dealkylation sites (N-methyl/N-ethyl adjacent to an activating group) is 2. The van der Waals surface area contributed by atoms with E-state index in [0.29, 0.717) is 6.54 Å². The Morgan fingerprint density at radius 1 is 1.18 bits per heavy atom. The van der Waals surface area contributed by atoms with E-state index in [4.69, 9.17) is 0 Å². The summed E-state index contributed by atoms with van der Waals surface area (Å²) in [4.78, 5) is 15.6. The molecule has 2 atom stereocenters. The van der Waals surface area contributed by atoms with Gasteiger partial charge in [0.2, 0.25) is 0 Å². The summed E-state index contributed by atoms with van der Waals surface area (Å²) in [7, 11) is 3.78. The molecule has 0 radical (unpaired) electrons. The first-order valence-electron chi connectivity index (χ1n) is 7.20. The van der Waals surface area contributed by atoms with Crippen LogP contribution in [0.3, 0.4) is 0 Å². The monoisotopic (exact) mass is 340 g/mol. The normalized spacial score (nSPS) is 29.9. The smallest absolute Gasteiger partial charge is 0.256 e. The standard InChI is InChI=1S/C16H24N2O2S2/c1-17-11-15(21-3,10-13-8-6-5-7-9-13)18(2)14(20)16(17,12-19)22-4/h5-9,19H,10-12H2,1-4H3/t15-,16-/m1/s1. The van der Waals surface area contributed by atoms with Gasteiger partial charge in [-0.15, -0.1) is 23.5 Å². The van der Waals surface area contributed by atoms with Gasteiger partial charge >= 0.3 is 0 Å². The van der Waals surface area contributed by atoms with Crippen LogP contribution < -0.4 is 0 Å². The second-order valence-electron chi connectivity index (χ2n) is 5.68. The topological polar surface area (TPSA) is 43.8 Å². The van der Waals surface area contributed by atoms with Crippen molar-refractivity contribution in [1.82, 2.24) is 9.80 Å². The minimum Gasteiger partial charge on any atom is -0.393 e. The lowest BCUT2D eigenvalue weighted by atomic mass is 9.99. The molecule has 1 saturated heterocycles. The van der Waals surface area contributed by atoms with Crippen molar-refractivity contribution < 1.29 is 9.90 Å². The molecule has 0 aliphatic carbocycles. The molecule has 1 heterocycles. The van der Waals surface area contributed by atoms with Crippen LogP contribution >= 0.6 is 23.5 Å². The first-order valence-corrected chi connectivity index (χ1v) is 9.65. The van der Waals surface area contributed by atoms with Crippen molar-refractivity contribution in [2.45, 2.75) is 16.2 Å². The minimum absolute atomic E-state index is 0.0264. The van der Waals surface area contributed by atoms with Crippen molar-refractivity contribution in [3.8, 4) is 0 Å². The Morgan fingerprint density at radius 3 is 2.32 bits per heavy atom. The number of carbonyl (C=O) groups is 1. The first kappa shape index (κ1) is 17.7. The molecular formula is C16H24N2O2S2. The van der Waals surface area contributed by atoms with Crippen LogP contribution in [0.5, 0.6) is 0 Å². The molecule has 2 rings (SSSR count). The van der Waals surface area contributed by atoms with Gasteiger partial charge in [0.1, 0.15) is 4.87 Å². The minimum atomic E-state index is -0.870. The number of carbonyl (C=O) groups excluding carboxylic acids is 1. The Morgan fingerprint density at radius 2 is 1.82 bits per heavy atom. The number of piperazine rings is 1. The van der Waals surface area contributed by atoms with Crippen LogP contribution in [0.4, 0.5) is 0 Å². The largest absolute Gasteiger partial charge is 0.393 e. The fourth-order valence-electron chi connectivity index (χ4n) is 3.07. The number of nitrogens with zero attached hydrogens (tertiary/aromatic N) is 2. The predicted molar refractivity (Wildman–Crippen MR) is 95.1 cm³/mol. The van der Waals surface area contributed by atoms with Gasteiger partial charge < -0.3 is 10.0 Å². The molecule has 0 saturated carbocycles. The van der Waals surface area contributed by atoms with Crippen LogP contribution in [0.25, 0.3) is 0 Å². The van der Waals surface area contributed by atoms with Crippen LogP contribution in [0.1, 0.15) is 5.56 Å². The fourth-order valence-corrected chi connectivity index (χ4v) is 4.88. The number of aliphatic hydroxyl groups is 1. The highest BCUT2D eigenvalue weighted by Gasteiger charge is 2.55. The third kappa shape index (κ3) is 2.77. The van der Waals surface area contributed by atoms with Gasteiger partial charge in [0, 0.05) is 20.0 Å². The molecule has 1 aliphatic rings. The van der Waals surface area contributed by atoms with E-state index >= 15 is 0 Å². The molecule has 1 aromatic rings. The molecule has 1 aromatic carbocycles. The molecule has 0 unspecified atom stereocenters. The van der Waals surface area contributed by atoms with Crippen LogP contribution in [0.2, 0.25) is 0 Å². The maximum absolute atomic E-state index is 13.0. The molecule has 6 heteroatoms. The molecular weight excluding hydrogens is 316 g/mol. The van der Waals surface area contributed by atoms with E-state index in [9.17, 15) is 9.90 Å². The van der Waals surface area contributed by atoms with Gasteiger partial charge in [-0.2, -0.15) is 0 Å². The summed E-state index contributed by atoms with van der Waals surface area (Å²) in [5, 5.41) is 9.82. The van der Waals surface area contributed by atoms with Crippen molar-refractivity contribution >= 4 is 29.4 Å². The third-order valence-corrected chi connectivity index (χ3v) is 7.20. The van der Waals surface area contributed by atoms with E-state index < -0.39 is 4.87 Å². The van der Waals surface area contributed by atoms with E-state index in [1.54, 1.807) is 11.8 Å². The summed E-state index contributed by atoms with van der Waals surface area (Å²) < 4.78 is 0. The lowest BCUT2D eigenvalue weighted by molar-refractivity contribution is -0.149. The third-order valence-electron chi connectivity index (χ3n) is 4.61. The zero-order chi connectivity index (χ0) is 16.4. The fraction of sp³-hybridized carbons (Fsp3) is 0.562. The molecule has 22 heavy (non-hydrogen) atoms. The van der Waals surface area contributed by atoms with Gasteiger partial charge in [0.05, 0.1) is 6.61 Å². The van der Waals surface area contributed by atoms with Gasteiger partial charge in [-0.25, -0.2) is 0 Å². The quantitative estimate of drug-likeness (QED) is 0.885. The van der Waals surface area contributed by atoms with Gasteiger partial charge in [-0.3, -0.25) is 9.69 Å². The average molecular weight is 341 g/mol. The molecule has 122 valence electrons. The number of hydrogen-bond donors (Lipinski definition) is 1. The highest BCUT2D eigenvalue weighted by atomic mass is 32.2. The molecule has 1 amide bonds. The number of benzene rings is 1. The van der Waals surface area contributed by atoms with E-state index in [0.717, 1.165) is 6.42 Å². The highest BCUT2D eigenvalue weighted by Crippen LogP contribution is 2.42. The number of rotatable bonds is 5. The lowest BCUT2D eigenvalue weighted by Gasteiger charge is -2.54. The van der Waals surface area contributed by atoms with Gasteiger partial charge in [-0.05, 0) is 25.1 Å². The number of amides is 1. The maximum atomic E-state index is 13.0. The second-order valence-corrected chi connectivity index (χ2v) is 7.93. The average Bonchev–Trinajstić information content (AvgIpc) is 2.55. The molecule has 0 bridgehead atoms. The number of aliphatic hydroxyl groups excluding tert-OH is 1. The van der Waals surface area contributed by atoms with E-state index in [2.05, 4.69) is 12.1 Å². The van der Waals surface area contributed by atoms with Crippen LogP contribution in [-0.4, -0.2) is 70.3 Å². The Bertz CT molecular complexity index is 522. The molecule has 0 spiro atoms. The van der Waals surface area contributed by atoms with Crippen molar-refractivity contribution in [1.29, 1.82) is 0 Å². The molecule has 1 aliphatic heterocycles. The van der Waals surface area contributed by atoms with Crippen molar-refractivity contribution in [2.24, 2.45) is 0 Å². The van der Waals surface area contributed by atoms with Crippen molar-refractivity contribution in [3.63, 3.8) is 0 Å². The first-order chi connectivity index (χ1) is 10.5. The zero-order valence-corrected chi connectivity index (χ0v) is 15.2. The summed E-state index contributed by atoms with van der Waals surface area (Å²) >= 11 is 3.10. The Hall–Kier alpha value is -0.690. The number of hydrogen-bond acceptors (Lipinski definition) is 5. The molecule has 4 nitrogen and oxygen atoms in total. The summed E-state index contributed by atoms with van der Waals surface area (Å²) in [6.45, 7) is 0.538. The van der Waals surface area contributed by atoms with E-state index in [-0.39, 0.29) is 17.4 Å². The molecule has 0 aromatic heterocycles. The maximum Gasteiger partial charge on any atom is 0.256 e. The van der Waals surface area contributed by atoms with Gasteiger partial charge in [0.25, 0.3) is 5.91 Å². The Labute approximate surface area is 141 Å². The highest BCUT2D eigenvalue weighted by molar-refractivity contribution is 8.01. The van der Waals surface area contributed by atoms with Gasteiger partial charge in [0.15, 0.2) is 4.87 Å². The summed E-state index contributed by atoms with van der Waals surface area (Å²) in [6.07, 6.45) is 4.71. The lowest BCUT2D eigenvalue weighted by Crippen LogP contribution is -2.71. The zero-order valence-electron chi connectivity index (χ0n) is 13.6. The molecule has 1 N–H and O–H groups in total. The van der Waals surface area contributed by atoms with Crippen LogP contribution in [-0.2, 0) is 11.2 Å². The summed E-state index contributed by atoms with van der Waals surface area (Å²) in [5.74, 6) is -0.0264. The van der Waals surface area contributed by atoms with E-state index in [1.165, 1.54) is 17.3 Å². The van der Waals surface area contributed by atoms with Crippen LogP contribution in [0, 0.1) is 0 Å². The van der Waals surface area contributed by atoms with Crippen LogP contribution in [0.15, 0.2) is 30.3 Å². The van der Waals surface area contributed by atoms with Crippen molar-refractivity contribution in [2.75, 3.05) is 39.8 Å². The van der Waals surface area contributed by atoms with Crippen molar-refractivity contribution in [3.05, 3.63) is 35.9 Å². The summed E-state index contributed by atoms with van der Waals surface area (Å²) in [6, 6.07) is 10.2. The Kier molecular flexibility index (Phi) is 5.48. The second kappa shape index (κ2) is 6.83. The van der Waals surface area contributed by atoms with Gasteiger partial charge in [-0.1, -0.05) is 30.3 Å². The van der Waals surface area contributed by atoms with E-state index in [1.807, 2.05) is 54.6 Å². The Balaban J connectivity index is 2.36. The SMILES string of the molecule is CS[C@]1(Cc2ccccc2)CN(C)[C@](CO)(SC)C(=O)N1C. The summed E-state index contributed by atoms with van der Waals surface area (Å²) in [5.41, 5.74) is 1.21.